The first-order valence-corrected chi connectivity index (χ1v) is 7.86. The largest absolute Gasteiger partial charge is 0.256 e. The van der Waals surface area contributed by atoms with Gasteiger partial charge in [-0.1, -0.05) is 30.3 Å². The minimum atomic E-state index is -0.649. The molecular formula is C16H14Cl2N4. The minimum Gasteiger partial charge on any atom is -0.256 e. The van der Waals surface area contributed by atoms with Crippen LogP contribution in [0.25, 0.3) is 22.2 Å². The number of rotatable bonds is 3. The number of nitrogens with zero attached hydrogens (tertiary/aromatic N) is 4. The number of aromatic nitrogens is 4. The maximum Gasteiger partial charge on any atom is 0.126 e. The zero-order valence-electron chi connectivity index (χ0n) is 12.0. The number of pyridine rings is 1. The second kappa shape index (κ2) is 4.67. The van der Waals surface area contributed by atoms with Crippen LogP contribution in [0.15, 0.2) is 42.7 Å². The number of alkyl halides is 2. The Bertz CT molecular complexity index is 858. The molecule has 1 aliphatic carbocycles. The van der Waals surface area contributed by atoms with Crippen molar-refractivity contribution in [3.05, 3.63) is 42.7 Å². The van der Waals surface area contributed by atoms with E-state index in [1.165, 1.54) is 0 Å². The normalized spacial score (nSPS) is 22.9. The molecular weight excluding hydrogens is 319 g/mol. The SMILES string of the molecule is CC1(Cn2cc(-c3cnc4ccccc4c3)nn2)CC1(Cl)Cl. The number of para-hydroxylation sites is 1. The van der Waals surface area contributed by atoms with Crippen molar-refractivity contribution in [2.24, 2.45) is 5.41 Å². The highest BCUT2D eigenvalue weighted by Crippen LogP contribution is 2.64. The van der Waals surface area contributed by atoms with Gasteiger partial charge in [0.15, 0.2) is 0 Å². The summed E-state index contributed by atoms with van der Waals surface area (Å²) in [6, 6.07) is 10.1. The van der Waals surface area contributed by atoms with Gasteiger partial charge in [0.25, 0.3) is 0 Å². The van der Waals surface area contributed by atoms with Crippen LogP contribution in [-0.2, 0) is 6.54 Å². The number of halogens is 2. The molecule has 112 valence electrons. The van der Waals surface area contributed by atoms with Crippen LogP contribution >= 0.6 is 23.2 Å². The van der Waals surface area contributed by atoms with Crippen LogP contribution in [0.5, 0.6) is 0 Å². The van der Waals surface area contributed by atoms with Crippen LogP contribution in [-0.4, -0.2) is 24.3 Å². The fourth-order valence-electron chi connectivity index (χ4n) is 2.69. The molecule has 3 aromatic rings. The van der Waals surface area contributed by atoms with Gasteiger partial charge in [-0.25, -0.2) is 0 Å². The first-order chi connectivity index (χ1) is 10.5. The molecule has 6 heteroatoms. The van der Waals surface area contributed by atoms with E-state index in [2.05, 4.69) is 28.3 Å². The summed E-state index contributed by atoms with van der Waals surface area (Å²) in [5, 5.41) is 9.51. The molecule has 0 spiro atoms. The molecule has 0 bridgehead atoms. The molecule has 1 fully saturated rings. The smallest absolute Gasteiger partial charge is 0.126 e. The van der Waals surface area contributed by atoms with Gasteiger partial charge in [-0.3, -0.25) is 9.67 Å². The number of fused-ring (bicyclic) bond motifs is 1. The molecule has 0 saturated heterocycles. The van der Waals surface area contributed by atoms with Gasteiger partial charge in [-0.15, -0.1) is 28.3 Å². The zero-order chi connectivity index (χ0) is 15.4. The van der Waals surface area contributed by atoms with Crippen molar-refractivity contribution in [1.29, 1.82) is 0 Å². The van der Waals surface area contributed by atoms with Gasteiger partial charge in [0.1, 0.15) is 10.0 Å². The lowest BCUT2D eigenvalue weighted by Gasteiger charge is -2.10. The fourth-order valence-corrected chi connectivity index (χ4v) is 3.40. The molecule has 1 saturated carbocycles. The van der Waals surface area contributed by atoms with Gasteiger partial charge in [-0.2, -0.15) is 0 Å². The summed E-state index contributed by atoms with van der Waals surface area (Å²) in [7, 11) is 0. The monoisotopic (exact) mass is 332 g/mol. The van der Waals surface area contributed by atoms with Crippen molar-refractivity contribution in [2.45, 2.75) is 24.2 Å². The second-order valence-electron chi connectivity index (χ2n) is 6.16. The van der Waals surface area contributed by atoms with Crippen LogP contribution in [0.4, 0.5) is 0 Å². The molecule has 1 aliphatic rings. The van der Waals surface area contributed by atoms with Gasteiger partial charge in [0.2, 0.25) is 0 Å². The van der Waals surface area contributed by atoms with Crippen LogP contribution in [0.3, 0.4) is 0 Å². The molecule has 2 heterocycles. The Balaban J connectivity index is 1.63. The molecule has 0 radical (unpaired) electrons. The van der Waals surface area contributed by atoms with Crippen molar-refractivity contribution < 1.29 is 0 Å². The van der Waals surface area contributed by atoms with Gasteiger partial charge >= 0.3 is 0 Å². The lowest BCUT2D eigenvalue weighted by Crippen LogP contribution is -2.14. The standard InChI is InChI=1S/C16H14Cl2N4/c1-15(9-16(15,17)18)10-22-8-14(20-21-22)12-6-11-4-2-3-5-13(11)19-7-12/h2-8H,9-10H2,1H3. The summed E-state index contributed by atoms with van der Waals surface area (Å²) in [6.45, 7) is 2.72. The van der Waals surface area contributed by atoms with E-state index >= 15 is 0 Å². The maximum absolute atomic E-state index is 6.18. The highest BCUT2D eigenvalue weighted by molar-refractivity contribution is 6.51. The lowest BCUT2D eigenvalue weighted by atomic mass is 10.1. The predicted octanol–water partition coefficient (Wildman–Crippen LogP) is 4.08. The Hall–Kier alpha value is -1.65. The molecule has 1 atom stereocenters. The Morgan fingerprint density at radius 2 is 2.05 bits per heavy atom. The lowest BCUT2D eigenvalue weighted by molar-refractivity contribution is 0.419. The Morgan fingerprint density at radius 3 is 2.82 bits per heavy atom. The molecule has 0 N–H and O–H groups in total. The first-order valence-electron chi connectivity index (χ1n) is 7.10. The molecule has 4 rings (SSSR count). The van der Waals surface area contributed by atoms with Gasteiger partial charge < -0.3 is 0 Å². The van der Waals surface area contributed by atoms with E-state index in [9.17, 15) is 0 Å². The molecule has 0 aliphatic heterocycles. The highest BCUT2D eigenvalue weighted by atomic mass is 35.5. The van der Waals surface area contributed by atoms with E-state index in [0.717, 1.165) is 28.6 Å². The van der Waals surface area contributed by atoms with E-state index in [1.54, 1.807) is 4.68 Å². The summed E-state index contributed by atoms with van der Waals surface area (Å²) in [6.07, 6.45) is 4.51. The Labute approximate surface area is 138 Å². The van der Waals surface area contributed by atoms with E-state index in [4.69, 9.17) is 23.2 Å². The van der Waals surface area contributed by atoms with E-state index < -0.39 is 4.33 Å². The van der Waals surface area contributed by atoms with Crippen LogP contribution in [0, 0.1) is 5.41 Å². The van der Waals surface area contributed by atoms with Gasteiger partial charge in [0, 0.05) is 22.6 Å². The summed E-state index contributed by atoms with van der Waals surface area (Å²) >= 11 is 12.4. The maximum atomic E-state index is 6.18. The molecule has 4 nitrogen and oxygen atoms in total. The second-order valence-corrected chi connectivity index (χ2v) is 7.64. The van der Waals surface area contributed by atoms with Crippen LogP contribution in [0.2, 0.25) is 0 Å². The quantitative estimate of drug-likeness (QED) is 0.679. The summed E-state index contributed by atoms with van der Waals surface area (Å²) in [5.74, 6) is 0. The molecule has 1 aromatic carbocycles. The molecule has 2 aromatic heterocycles. The Morgan fingerprint density at radius 1 is 1.27 bits per heavy atom. The van der Waals surface area contributed by atoms with Crippen LogP contribution in [0.1, 0.15) is 13.3 Å². The van der Waals surface area contributed by atoms with Crippen molar-refractivity contribution >= 4 is 34.1 Å². The number of benzene rings is 1. The number of hydrogen-bond donors (Lipinski definition) is 0. The third-order valence-corrected chi connectivity index (χ3v) is 5.49. The summed E-state index contributed by atoms with van der Waals surface area (Å²) < 4.78 is 1.15. The fraction of sp³-hybridized carbons (Fsp3) is 0.312. The van der Waals surface area contributed by atoms with Gasteiger partial charge in [0.05, 0.1) is 18.3 Å². The van der Waals surface area contributed by atoms with Crippen molar-refractivity contribution in [3.63, 3.8) is 0 Å². The predicted molar refractivity (Wildman–Crippen MR) is 87.9 cm³/mol. The topological polar surface area (TPSA) is 43.6 Å². The highest BCUT2D eigenvalue weighted by Gasteiger charge is 2.63. The van der Waals surface area contributed by atoms with Crippen molar-refractivity contribution in [1.82, 2.24) is 20.0 Å². The van der Waals surface area contributed by atoms with E-state index in [1.807, 2.05) is 36.7 Å². The van der Waals surface area contributed by atoms with Crippen LogP contribution < -0.4 is 0 Å². The molecule has 1 unspecified atom stereocenters. The molecule has 0 amide bonds. The minimum absolute atomic E-state index is 0.136. The van der Waals surface area contributed by atoms with Gasteiger partial charge in [-0.05, 0) is 18.6 Å². The third kappa shape index (κ3) is 2.27. The number of hydrogen-bond acceptors (Lipinski definition) is 3. The van der Waals surface area contributed by atoms with E-state index in [-0.39, 0.29) is 5.41 Å². The third-order valence-electron chi connectivity index (χ3n) is 4.31. The summed E-state index contributed by atoms with van der Waals surface area (Å²) in [5.41, 5.74) is 2.59. The van der Waals surface area contributed by atoms with E-state index in [0.29, 0.717) is 6.54 Å². The zero-order valence-corrected chi connectivity index (χ0v) is 13.5. The average molecular weight is 333 g/mol. The Kier molecular flexibility index (Phi) is 2.97. The van der Waals surface area contributed by atoms with Crippen molar-refractivity contribution in [3.8, 4) is 11.3 Å². The first kappa shape index (κ1) is 14.0. The average Bonchev–Trinajstić information content (AvgIpc) is 2.84. The summed E-state index contributed by atoms with van der Waals surface area (Å²) in [4.78, 5) is 4.46. The molecule has 22 heavy (non-hydrogen) atoms. The van der Waals surface area contributed by atoms with Crippen molar-refractivity contribution in [2.75, 3.05) is 0 Å².